The van der Waals surface area contributed by atoms with Gasteiger partial charge in [0.15, 0.2) is 0 Å². The molecule has 1 saturated heterocycles. The normalized spacial score (nSPS) is 21.1. The number of benzene rings is 1. The fourth-order valence-corrected chi connectivity index (χ4v) is 7.47. The zero-order chi connectivity index (χ0) is 36.4. The molecule has 1 aromatic carbocycles. The Morgan fingerprint density at radius 1 is 1.08 bits per heavy atom. The number of amides is 2. The van der Waals surface area contributed by atoms with Crippen LogP contribution in [0.15, 0.2) is 48.0 Å². The molecular weight excluding hydrogens is 716 g/mol. The molecule has 50 heavy (non-hydrogen) atoms. The molecule has 4 heterocycles. The number of alkyl halides is 6. The van der Waals surface area contributed by atoms with Gasteiger partial charge in [-0.3, -0.25) is 14.6 Å². The molecule has 2 aliphatic heterocycles. The van der Waals surface area contributed by atoms with Crippen LogP contribution in [0.1, 0.15) is 64.7 Å². The number of hydrogen-bond acceptors (Lipinski definition) is 7. The maximum absolute atomic E-state index is 15.1. The minimum atomic E-state index is -4.93. The van der Waals surface area contributed by atoms with E-state index in [9.17, 15) is 41.0 Å². The molecule has 2 aliphatic rings. The van der Waals surface area contributed by atoms with Crippen LogP contribution in [0.2, 0.25) is 5.02 Å². The number of fused-ring (bicyclic) bond motifs is 1. The van der Waals surface area contributed by atoms with Crippen LogP contribution in [0, 0.1) is 0 Å². The summed E-state index contributed by atoms with van der Waals surface area (Å²) >= 11 is 6.57. The second-order valence-corrected chi connectivity index (χ2v) is 13.4. The Bertz CT molecular complexity index is 1740. The Morgan fingerprint density at radius 2 is 1.84 bits per heavy atom. The van der Waals surface area contributed by atoms with Gasteiger partial charge in [-0.25, -0.2) is 4.79 Å². The third-order valence-corrected chi connectivity index (χ3v) is 9.91. The van der Waals surface area contributed by atoms with Crippen molar-refractivity contribution < 1.29 is 55.3 Å². The molecule has 0 radical (unpaired) electrons. The van der Waals surface area contributed by atoms with Crippen molar-refractivity contribution in [1.82, 2.24) is 14.8 Å². The van der Waals surface area contributed by atoms with Gasteiger partial charge >= 0.3 is 18.3 Å². The number of nitrogens with zero attached hydrogens (tertiary/aromatic N) is 3. The molecule has 270 valence electrons. The van der Waals surface area contributed by atoms with Crippen molar-refractivity contribution in [2.75, 3.05) is 19.8 Å². The summed E-state index contributed by atoms with van der Waals surface area (Å²) in [6.45, 7) is 0.662. The number of aromatic nitrogens is 1. The Balaban J connectivity index is 1.63. The van der Waals surface area contributed by atoms with Gasteiger partial charge in [-0.2, -0.15) is 26.3 Å². The van der Waals surface area contributed by atoms with Crippen LogP contribution in [0.3, 0.4) is 0 Å². The number of carboxylic acids is 1. The molecule has 0 bridgehead atoms. The number of hydrogen-bond donors (Lipinski definition) is 1. The molecule has 3 atom stereocenters. The monoisotopic (exact) mass is 747 g/mol. The van der Waals surface area contributed by atoms with Crippen molar-refractivity contribution in [3.05, 3.63) is 80.3 Å². The lowest BCUT2D eigenvalue weighted by molar-refractivity contribution is -0.164. The SMILES string of the molecule is CCC[C@H]1N(C(=O)c2ncccc2C(F)(F)F)CCC[C@]1(Oc1csc(C(F)(F)F)c1)C(=O)N1Cc2ccc(Cl)cc2C[C@@H]1COCC(=O)O. The lowest BCUT2D eigenvalue weighted by Crippen LogP contribution is -2.69. The van der Waals surface area contributed by atoms with Crippen molar-refractivity contribution in [2.24, 2.45) is 0 Å². The largest absolute Gasteiger partial charge is 0.480 e. The van der Waals surface area contributed by atoms with Crippen LogP contribution in [0.4, 0.5) is 26.3 Å². The van der Waals surface area contributed by atoms with E-state index in [1.54, 1.807) is 25.1 Å². The summed E-state index contributed by atoms with van der Waals surface area (Å²) in [7, 11) is 0. The van der Waals surface area contributed by atoms with Crippen LogP contribution >= 0.6 is 22.9 Å². The summed E-state index contributed by atoms with van der Waals surface area (Å²) in [6.07, 6.45) is -8.17. The van der Waals surface area contributed by atoms with Crippen LogP contribution < -0.4 is 4.74 Å². The molecular formula is C33H32ClF6N3O6S. The Kier molecular flexibility index (Phi) is 11.0. The topological polar surface area (TPSA) is 109 Å². The molecule has 1 fully saturated rings. The Hall–Kier alpha value is -3.89. The quantitative estimate of drug-likeness (QED) is 0.220. The van der Waals surface area contributed by atoms with Gasteiger partial charge in [-0.15, -0.1) is 11.3 Å². The number of piperidine rings is 1. The van der Waals surface area contributed by atoms with E-state index in [1.165, 1.54) is 4.90 Å². The standard InChI is InChI=1S/C33H32ClF6N3O6S/c1-2-5-25-31(49-23-14-26(50-18-23)33(38,39)40,9-4-11-42(25)29(46)28-24(32(35,36)37)6-3-10-41-28)30(47)43-15-19-7-8-21(34)12-20(19)13-22(43)16-48-17-27(44)45/h3,6-8,10,12,14,18,22,25H,2,4-5,9,11,13,15-17H2,1H3,(H,44,45)/t22-,25-,31-/m1/s1. The van der Waals surface area contributed by atoms with Gasteiger partial charge in [0.2, 0.25) is 5.60 Å². The molecule has 0 saturated carbocycles. The van der Waals surface area contributed by atoms with Crippen LogP contribution in [0.25, 0.3) is 0 Å². The second kappa shape index (κ2) is 14.8. The summed E-state index contributed by atoms with van der Waals surface area (Å²) in [5, 5.41) is 10.7. The van der Waals surface area contributed by atoms with Gasteiger partial charge in [-0.05, 0) is 54.7 Å². The zero-order valence-corrected chi connectivity index (χ0v) is 28.1. The van der Waals surface area contributed by atoms with E-state index in [0.717, 1.165) is 40.2 Å². The Labute approximate surface area is 291 Å². The number of pyridine rings is 1. The predicted octanol–water partition coefficient (Wildman–Crippen LogP) is 7.11. The number of thiophene rings is 1. The van der Waals surface area contributed by atoms with E-state index in [-0.39, 0.29) is 51.1 Å². The summed E-state index contributed by atoms with van der Waals surface area (Å²) < 4.78 is 94.8. The van der Waals surface area contributed by atoms with Gasteiger partial charge < -0.3 is 24.4 Å². The van der Waals surface area contributed by atoms with E-state index in [4.69, 9.17) is 21.1 Å². The van der Waals surface area contributed by atoms with Gasteiger partial charge in [0.25, 0.3) is 11.8 Å². The van der Waals surface area contributed by atoms with E-state index >= 15 is 4.79 Å². The molecule has 0 spiro atoms. The highest BCUT2D eigenvalue weighted by Gasteiger charge is 2.57. The number of halogens is 7. The van der Waals surface area contributed by atoms with Crippen LogP contribution in [-0.4, -0.2) is 75.1 Å². The number of aliphatic carboxylic acids is 1. The Morgan fingerprint density at radius 3 is 2.50 bits per heavy atom. The minimum Gasteiger partial charge on any atom is -0.480 e. The second-order valence-electron chi connectivity index (χ2n) is 12.1. The first-order chi connectivity index (χ1) is 23.5. The number of likely N-dealkylation sites (tertiary alicyclic amines) is 1. The van der Waals surface area contributed by atoms with Crippen molar-refractivity contribution in [2.45, 2.75) is 75.6 Å². The van der Waals surface area contributed by atoms with Crippen molar-refractivity contribution >= 4 is 40.7 Å². The van der Waals surface area contributed by atoms with Crippen molar-refractivity contribution in [3.63, 3.8) is 0 Å². The number of carboxylic acid groups (broad SMARTS) is 1. The van der Waals surface area contributed by atoms with E-state index < -0.39 is 70.6 Å². The highest BCUT2D eigenvalue weighted by Crippen LogP contribution is 2.43. The van der Waals surface area contributed by atoms with Crippen molar-refractivity contribution in [1.29, 1.82) is 0 Å². The lowest BCUT2D eigenvalue weighted by atomic mass is 9.79. The summed E-state index contributed by atoms with van der Waals surface area (Å²) in [6, 6.07) is 5.47. The first-order valence-corrected chi connectivity index (χ1v) is 16.9. The average molecular weight is 748 g/mol. The molecule has 3 aromatic rings. The summed E-state index contributed by atoms with van der Waals surface area (Å²) in [5.41, 5.74) is -2.80. The fraction of sp³-hybridized carbons (Fsp3) is 0.455. The molecule has 9 nitrogen and oxygen atoms in total. The molecule has 5 rings (SSSR count). The third kappa shape index (κ3) is 7.86. The van der Waals surface area contributed by atoms with Crippen LogP contribution in [0.5, 0.6) is 5.75 Å². The molecule has 0 aliphatic carbocycles. The average Bonchev–Trinajstić information content (AvgIpc) is 3.53. The molecule has 17 heteroatoms. The predicted molar refractivity (Wildman–Crippen MR) is 169 cm³/mol. The number of carbonyl (C=O) groups excluding carboxylic acids is 2. The van der Waals surface area contributed by atoms with Crippen LogP contribution in [-0.2, 0) is 39.6 Å². The van der Waals surface area contributed by atoms with Gasteiger partial charge in [-0.1, -0.05) is 31.0 Å². The maximum Gasteiger partial charge on any atom is 0.425 e. The third-order valence-electron chi connectivity index (χ3n) is 8.72. The number of ether oxygens (including phenoxy) is 2. The molecule has 2 aromatic heterocycles. The van der Waals surface area contributed by atoms with E-state index in [0.29, 0.717) is 28.3 Å². The van der Waals surface area contributed by atoms with E-state index in [1.807, 2.05) is 0 Å². The first kappa shape index (κ1) is 37.4. The minimum absolute atomic E-state index is 0.0299. The smallest absolute Gasteiger partial charge is 0.425 e. The summed E-state index contributed by atoms with van der Waals surface area (Å²) in [4.78, 5) is 45.7. The van der Waals surface area contributed by atoms with Gasteiger partial charge in [0.1, 0.15) is 22.9 Å². The number of rotatable bonds is 10. The molecule has 0 unspecified atom stereocenters. The van der Waals surface area contributed by atoms with E-state index in [2.05, 4.69) is 4.98 Å². The zero-order valence-electron chi connectivity index (χ0n) is 26.5. The summed E-state index contributed by atoms with van der Waals surface area (Å²) in [5.74, 6) is -3.41. The highest BCUT2D eigenvalue weighted by molar-refractivity contribution is 7.10. The van der Waals surface area contributed by atoms with Gasteiger partial charge in [0, 0.05) is 42.2 Å². The lowest BCUT2D eigenvalue weighted by Gasteiger charge is -2.51. The van der Waals surface area contributed by atoms with Crippen molar-refractivity contribution in [3.8, 4) is 5.75 Å². The molecule has 1 N–H and O–H groups in total. The number of carbonyl (C=O) groups is 3. The maximum atomic E-state index is 15.1. The first-order valence-electron chi connectivity index (χ1n) is 15.6. The molecule has 2 amide bonds. The highest BCUT2D eigenvalue weighted by atomic mass is 35.5. The fourth-order valence-electron chi connectivity index (χ4n) is 6.60. The van der Waals surface area contributed by atoms with Gasteiger partial charge in [0.05, 0.1) is 24.3 Å².